The molecule has 3 rings (SSSR count). The van der Waals surface area contributed by atoms with Crippen LogP contribution in [0.4, 0.5) is 8.78 Å². The highest BCUT2D eigenvalue weighted by Crippen LogP contribution is 2.17. The summed E-state index contributed by atoms with van der Waals surface area (Å²) in [5.74, 6) is -2.88. The molecule has 0 radical (unpaired) electrons. The van der Waals surface area contributed by atoms with E-state index in [9.17, 15) is 33.1 Å². The molecular weight excluding hydrogens is 592 g/mol. The van der Waals surface area contributed by atoms with Gasteiger partial charge in [0.2, 0.25) is 5.91 Å². The van der Waals surface area contributed by atoms with Gasteiger partial charge in [0, 0.05) is 55.2 Å². The summed E-state index contributed by atoms with van der Waals surface area (Å²) in [7, 11) is 0. The fourth-order valence-electron chi connectivity index (χ4n) is 5.24. The Morgan fingerprint density at radius 2 is 1.46 bits per heavy atom. The van der Waals surface area contributed by atoms with Gasteiger partial charge in [0.25, 0.3) is 11.8 Å². The minimum Gasteiger partial charge on any atom is -0.391 e. The lowest BCUT2D eigenvalue weighted by Crippen LogP contribution is -2.46. The summed E-state index contributed by atoms with van der Waals surface area (Å²) in [5, 5.41) is 16.6. The number of halogens is 2. The Kier molecular flexibility index (Phi) is 14.0. The molecule has 3 aromatic rings. The van der Waals surface area contributed by atoms with Gasteiger partial charge in [0.15, 0.2) is 5.78 Å². The van der Waals surface area contributed by atoms with Gasteiger partial charge < -0.3 is 20.6 Å². The monoisotopic (exact) mass is 635 g/mol. The van der Waals surface area contributed by atoms with E-state index in [0.717, 1.165) is 31.0 Å². The maximum atomic E-state index is 14.0. The number of benzene rings is 3. The third-order valence-electron chi connectivity index (χ3n) is 7.46. The number of nitrogens with one attached hydrogen (secondary N) is 2. The van der Waals surface area contributed by atoms with Crippen molar-refractivity contribution in [3.05, 3.63) is 106 Å². The number of amides is 3. The molecule has 8 nitrogen and oxygen atoms in total. The summed E-state index contributed by atoms with van der Waals surface area (Å²) >= 11 is 0. The Bertz CT molecular complexity index is 1470. The predicted octanol–water partition coefficient (Wildman–Crippen LogP) is 5.41. The molecule has 0 bridgehead atoms. The SMILES string of the molecule is CCCN(CCC)C(=O)c1cc(C)cc(C(=O)NC(Cc2cc(F)cc(F)c2)C(O)CCNC(=O)CCC(=O)c2ccccc2)c1. The highest BCUT2D eigenvalue weighted by Gasteiger charge is 2.25. The minimum absolute atomic E-state index is 0.0155. The maximum Gasteiger partial charge on any atom is 0.253 e. The van der Waals surface area contributed by atoms with Gasteiger partial charge in [-0.2, -0.15) is 0 Å². The molecule has 0 fully saturated rings. The van der Waals surface area contributed by atoms with Crippen molar-refractivity contribution in [2.24, 2.45) is 0 Å². The van der Waals surface area contributed by atoms with E-state index in [1.807, 2.05) is 13.8 Å². The number of ketones is 1. The standard InChI is InChI=1S/C36H43F2N3O5/c1-4-15-41(16-5-2)36(46)28-18-24(3)17-27(22-28)35(45)40-31(21-25-19-29(37)23-30(38)20-25)33(43)13-14-39-34(44)12-11-32(42)26-9-7-6-8-10-26/h6-10,17-20,22-23,31,33,43H,4-5,11-16,21H2,1-3H3,(H,39,44)(H,40,45). The highest BCUT2D eigenvalue weighted by atomic mass is 19.1. The first-order chi connectivity index (χ1) is 22.0. The van der Waals surface area contributed by atoms with Crippen LogP contribution >= 0.6 is 0 Å². The number of carbonyl (C=O) groups is 4. The van der Waals surface area contributed by atoms with Crippen molar-refractivity contribution in [1.29, 1.82) is 0 Å². The van der Waals surface area contributed by atoms with Crippen LogP contribution in [0, 0.1) is 18.6 Å². The number of aryl methyl sites for hydroxylation is 1. The molecule has 0 aliphatic rings. The Labute approximate surface area is 269 Å². The van der Waals surface area contributed by atoms with Gasteiger partial charge >= 0.3 is 0 Å². The number of Topliss-reactive ketones (excluding diaryl/α,β-unsaturated/α-hetero) is 1. The summed E-state index contributed by atoms with van der Waals surface area (Å²) in [4.78, 5) is 53.1. The number of carbonyl (C=O) groups excluding carboxylic acids is 4. The van der Waals surface area contributed by atoms with Gasteiger partial charge in [-0.1, -0.05) is 44.2 Å². The highest BCUT2D eigenvalue weighted by molar-refractivity contribution is 6.00. The zero-order valence-corrected chi connectivity index (χ0v) is 26.7. The normalized spacial score (nSPS) is 12.2. The second-order valence-corrected chi connectivity index (χ2v) is 11.4. The van der Waals surface area contributed by atoms with Crippen LogP contribution in [0.5, 0.6) is 0 Å². The second-order valence-electron chi connectivity index (χ2n) is 11.4. The predicted molar refractivity (Wildman–Crippen MR) is 173 cm³/mol. The summed E-state index contributed by atoms with van der Waals surface area (Å²) in [6.07, 6.45) is 0.278. The third kappa shape index (κ3) is 11.2. The molecule has 0 heterocycles. The largest absolute Gasteiger partial charge is 0.391 e. The van der Waals surface area contributed by atoms with Crippen molar-refractivity contribution in [2.45, 2.75) is 71.4 Å². The number of rotatable bonds is 17. The molecule has 2 atom stereocenters. The van der Waals surface area contributed by atoms with Crippen molar-refractivity contribution in [2.75, 3.05) is 19.6 Å². The molecule has 0 saturated carbocycles. The molecule has 0 aliphatic carbocycles. The summed E-state index contributed by atoms with van der Waals surface area (Å²) in [6, 6.07) is 15.5. The molecule has 46 heavy (non-hydrogen) atoms. The van der Waals surface area contributed by atoms with Crippen molar-refractivity contribution in [1.82, 2.24) is 15.5 Å². The van der Waals surface area contributed by atoms with Gasteiger partial charge in [-0.05, 0) is 74.1 Å². The molecule has 3 amide bonds. The Hall–Kier alpha value is -4.44. The topological polar surface area (TPSA) is 116 Å². The minimum atomic E-state index is -1.21. The van der Waals surface area contributed by atoms with Crippen LogP contribution in [0.3, 0.4) is 0 Å². The quantitative estimate of drug-likeness (QED) is 0.172. The zero-order valence-electron chi connectivity index (χ0n) is 26.7. The van der Waals surface area contributed by atoms with Gasteiger partial charge in [-0.3, -0.25) is 19.2 Å². The van der Waals surface area contributed by atoms with Crippen molar-refractivity contribution < 1.29 is 33.1 Å². The van der Waals surface area contributed by atoms with Crippen LogP contribution in [0.25, 0.3) is 0 Å². The lowest BCUT2D eigenvalue weighted by atomic mass is 9.97. The van der Waals surface area contributed by atoms with Gasteiger partial charge in [-0.25, -0.2) is 8.78 Å². The van der Waals surface area contributed by atoms with Crippen LogP contribution in [-0.4, -0.2) is 65.3 Å². The van der Waals surface area contributed by atoms with Crippen LogP contribution < -0.4 is 10.6 Å². The summed E-state index contributed by atoms with van der Waals surface area (Å²) in [6.45, 7) is 6.95. The molecule has 0 aromatic heterocycles. The zero-order chi connectivity index (χ0) is 33.6. The number of hydrogen-bond donors (Lipinski definition) is 3. The van der Waals surface area contributed by atoms with Crippen LogP contribution in [-0.2, 0) is 11.2 Å². The Morgan fingerprint density at radius 1 is 0.826 bits per heavy atom. The van der Waals surface area contributed by atoms with E-state index < -0.39 is 29.7 Å². The Balaban J connectivity index is 1.70. The van der Waals surface area contributed by atoms with Gasteiger partial charge in [0.1, 0.15) is 11.6 Å². The molecule has 2 unspecified atom stereocenters. The van der Waals surface area contributed by atoms with Crippen molar-refractivity contribution in [3.63, 3.8) is 0 Å². The fraction of sp³-hybridized carbons (Fsp3) is 0.389. The number of nitrogens with zero attached hydrogens (tertiary/aromatic N) is 1. The van der Waals surface area contributed by atoms with E-state index in [2.05, 4.69) is 10.6 Å². The van der Waals surface area contributed by atoms with E-state index in [4.69, 9.17) is 0 Å². The molecule has 0 spiro atoms. The molecule has 0 saturated heterocycles. The van der Waals surface area contributed by atoms with Gasteiger partial charge in [0.05, 0.1) is 12.1 Å². The molecule has 3 aromatic carbocycles. The molecule has 246 valence electrons. The summed E-state index contributed by atoms with van der Waals surface area (Å²) < 4.78 is 28.0. The maximum absolute atomic E-state index is 14.0. The average molecular weight is 636 g/mol. The van der Waals surface area contributed by atoms with Crippen LogP contribution in [0.1, 0.15) is 88.2 Å². The average Bonchev–Trinajstić information content (AvgIpc) is 3.02. The van der Waals surface area contributed by atoms with E-state index in [1.54, 1.807) is 54.3 Å². The lowest BCUT2D eigenvalue weighted by Gasteiger charge is -2.25. The fourth-order valence-corrected chi connectivity index (χ4v) is 5.24. The first kappa shape index (κ1) is 36.0. The lowest BCUT2D eigenvalue weighted by molar-refractivity contribution is -0.121. The number of aliphatic hydroxyl groups is 1. The van der Waals surface area contributed by atoms with E-state index in [1.165, 1.54) is 6.07 Å². The molecule has 3 N–H and O–H groups in total. The smallest absolute Gasteiger partial charge is 0.253 e. The Morgan fingerprint density at radius 3 is 2.09 bits per heavy atom. The molecule has 10 heteroatoms. The second kappa shape index (κ2) is 17.9. The molecular formula is C36H43F2N3O5. The number of aliphatic hydroxyl groups excluding tert-OH is 1. The van der Waals surface area contributed by atoms with Gasteiger partial charge in [-0.15, -0.1) is 0 Å². The van der Waals surface area contributed by atoms with E-state index in [0.29, 0.717) is 29.8 Å². The third-order valence-corrected chi connectivity index (χ3v) is 7.46. The van der Waals surface area contributed by atoms with Crippen molar-refractivity contribution >= 4 is 23.5 Å². The number of hydrogen-bond acceptors (Lipinski definition) is 5. The van der Waals surface area contributed by atoms with Crippen LogP contribution in [0.2, 0.25) is 0 Å². The van der Waals surface area contributed by atoms with E-state index >= 15 is 0 Å². The summed E-state index contributed by atoms with van der Waals surface area (Å²) in [5.41, 5.74) is 2.00. The van der Waals surface area contributed by atoms with E-state index in [-0.39, 0.29) is 61.0 Å². The first-order valence-electron chi connectivity index (χ1n) is 15.7. The van der Waals surface area contributed by atoms with Crippen LogP contribution in [0.15, 0.2) is 66.7 Å². The first-order valence-corrected chi connectivity index (χ1v) is 15.7. The molecule has 0 aliphatic heterocycles. The van der Waals surface area contributed by atoms with Crippen molar-refractivity contribution in [3.8, 4) is 0 Å².